The van der Waals surface area contributed by atoms with Crippen LogP contribution in [0.15, 0.2) is 60.7 Å². The number of carbonyl (C=O) groups is 2. The van der Waals surface area contributed by atoms with E-state index in [0.717, 1.165) is 12.2 Å². The van der Waals surface area contributed by atoms with Crippen LogP contribution in [0.5, 0.6) is 17.2 Å². The number of hydrogen-bond acceptors (Lipinski definition) is 5. The standard InChI is InChI=1S/C26H32O5/c1-4-5-6-7-8-9-12-19-29-21-15-17-22(18-16-21)30-26(28)23-13-10-11-14-24(23)31-25(27)20(2)3/h10-11,13-18H,2,4-9,12,19H2,1,3H3. The average Bonchev–Trinajstić information content (AvgIpc) is 2.77. The first kappa shape index (κ1) is 24.2. The fraction of sp³-hybridized carbons (Fsp3) is 0.385. The SMILES string of the molecule is C=C(C)C(=O)Oc1ccccc1C(=O)Oc1ccc(OCCCCCCCCC)cc1. The molecule has 0 fully saturated rings. The van der Waals surface area contributed by atoms with E-state index in [0.29, 0.717) is 12.4 Å². The molecule has 0 aliphatic heterocycles. The third-order valence-corrected chi connectivity index (χ3v) is 4.71. The van der Waals surface area contributed by atoms with Crippen molar-refractivity contribution in [1.82, 2.24) is 0 Å². The van der Waals surface area contributed by atoms with Gasteiger partial charge in [0.05, 0.1) is 6.61 Å². The van der Waals surface area contributed by atoms with E-state index >= 15 is 0 Å². The molecule has 31 heavy (non-hydrogen) atoms. The highest BCUT2D eigenvalue weighted by molar-refractivity contribution is 5.96. The van der Waals surface area contributed by atoms with Gasteiger partial charge in [0.15, 0.2) is 0 Å². The molecule has 2 aromatic carbocycles. The zero-order valence-electron chi connectivity index (χ0n) is 18.5. The van der Waals surface area contributed by atoms with Crippen LogP contribution in [0.1, 0.15) is 69.2 Å². The van der Waals surface area contributed by atoms with Gasteiger partial charge in [-0.2, -0.15) is 0 Å². The summed E-state index contributed by atoms with van der Waals surface area (Å²) < 4.78 is 16.4. The Hall–Kier alpha value is -3.08. The quantitative estimate of drug-likeness (QED) is 0.159. The Morgan fingerprint density at radius 2 is 1.42 bits per heavy atom. The molecule has 0 N–H and O–H groups in total. The number of hydrogen-bond donors (Lipinski definition) is 0. The Morgan fingerprint density at radius 1 is 0.806 bits per heavy atom. The highest BCUT2D eigenvalue weighted by atomic mass is 16.6. The molecule has 0 saturated heterocycles. The van der Waals surface area contributed by atoms with Crippen molar-refractivity contribution in [3.8, 4) is 17.2 Å². The predicted molar refractivity (Wildman–Crippen MR) is 122 cm³/mol. The highest BCUT2D eigenvalue weighted by Gasteiger charge is 2.17. The van der Waals surface area contributed by atoms with Crippen LogP contribution >= 0.6 is 0 Å². The Labute approximate surface area is 185 Å². The maximum absolute atomic E-state index is 12.5. The summed E-state index contributed by atoms with van der Waals surface area (Å²) in [5.74, 6) is 0.0515. The summed E-state index contributed by atoms with van der Waals surface area (Å²) >= 11 is 0. The largest absolute Gasteiger partial charge is 0.494 e. The Kier molecular flexibility index (Phi) is 10.4. The molecule has 0 aromatic heterocycles. The first-order chi connectivity index (χ1) is 15.0. The van der Waals surface area contributed by atoms with E-state index in [1.54, 1.807) is 49.4 Å². The van der Waals surface area contributed by atoms with Crippen LogP contribution < -0.4 is 14.2 Å². The summed E-state index contributed by atoms with van der Waals surface area (Å²) in [7, 11) is 0. The van der Waals surface area contributed by atoms with Crippen LogP contribution in [-0.2, 0) is 4.79 Å². The van der Waals surface area contributed by atoms with Gasteiger partial charge < -0.3 is 14.2 Å². The van der Waals surface area contributed by atoms with Crippen LogP contribution in [-0.4, -0.2) is 18.5 Å². The molecule has 0 aliphatic carbocycles. The lowest BCUT2D eigenvalue weighted by Gasteiger charge is -2.10. The smallest absolute Gasteiger partial charge is 0.347 e. The number of esters is 2. The molecule has 0 unspecified atom stereocenters. The first-order valence-electron chi connectivity index (χ1n) is 10.9. The minimum absolute atomic E-state index is 0.134. The molecule has 5 heteroatoms. The summed E-state index contributed by atoms with van der Waals surface area (Å²) in [5, 5.41) is 0. The summed E-state index contributed by atoms with van der Waals surface area (Å²) in [6.45, 7) is 7.99. The van der Waals surface area contributed by atoms with Crippen molar-refractivity contribution in [2.24, 2.45) is 0 Å². The second-order valence-electron chi connectivity index (χ2n) is 7.50. The van der Waals surface area contributed by atoms with Crippen molar-refractivity contribution >= 4 is 11.9 Å². The number of ether oxygens (including phenoxy) is 3. The van der Waals surface area contributed by atoms with E-state index in [9.17, 15) is 9.59 Å². The molecule has 0 atom stereocenters. The van der Waals surface area contributed by atoms with Crippen molar-refractivity contribution < 1.29 is 23.8 Å². The van der Waals surface area contributed by atoms with Crippen molar-refractivity contribution in [3.05, 3.63) is 66.2 Å². The third-order valence-electron chi connectivity index (χ3n) is 4.71. The molecule has 2 rings (SSSR count). The van der Waals surface area contributed by atoms with Gasteiger partial charge in [0.2, 0.25) is 0 Å². The van der Waals surface area contributed by atoms with E-state index in [1.165, 1.54) is 44.6 Å². The Bertz CT molecular complexity index is 854. The van der Waals surface area contributed by atoms with Crippen molar-refractivity contribution in [2.75, 3.05) is 6.61 Å². The van der Waals surface area contributed by atoms with Gasteiger partial charge in [-0.3, -0.25) is 0 Å². The van der Waals surface area contributed by atoms with Gasteiger partial charge in [0, 0.05) is 5.57 Å². The fourth-order valence-electron chi connectivity index (χ4n) is 2.93. The van der Waals surface area contributed by atoms with Gasteiger partial charge in [-0.1, -0.05) is 64.2 Å². The molecular formula is C26H32O5. The molecule has 0 heterocycles. The van der Waals surface area contributed by atoms with E-state index in [-0.39, 0.29) is 16.9 Å². The lowest BCUT2D eigenvalue weighted by Crippen LogP contribution is -2.14. The van der Waals surface area contributed by atoms with Crippen molar-refractivity contribution in [2.45, 2.75) is 58.8 Å². The molecule has 5 nitrogen and oxygen atoms in total. The van der Waals surface area contributed by atoms with E-state index in [4.69, 9.17) is 14.2 Å². The second-order valence-corrected chi connectivity index (χ2v) is 7.50. The minimum atomic E-state index is -0.609. The van der Waals surface area contributed by atoms with Crippen molar-refractivity contribution in [1.29, 1.82) is 0 Å². The molecule has 0 aliphatic rings. The Balaban J connectivity index is 1.82. The summed E-state index contributed by atoms with van der Waals surface area (Å²) in [6, 6.07) is 13.3. The number of carbonyl (C=O) groups excluding carboxylic acids is 2. The molecule has 0 saturated carbocycles. The number of unbranched alkanes of at least 4 members (excludes halogenated alkanes) is 6. The van der Waals surface area contributed by atoms with Gasteiger partial charge in [-0.05, 0) is 49.7 Å². The highest BCUT2D eigenvalue weighted by Crippen LogP contribution is 2.23. The number of para-hydroxylation sites is 1. The van der Waals surface area contributed by atoms with Gasteiger partial charge >= 0.3 is 11.9 Å². The normalized spacial score (nSPS) is 10.4. The Morgan fingerprint density at radius 3 is 2.10 bits per heavy atom. The molecule has 2 aromatic rings. The lowest BCUT2D eigenvalue weighted by molar-refractivity contribution is -0.130. The third kappa shape index (κ3) is 8.67. The average molecular weight is 425 g/mol. The summed E-state index contributed by atoms with van der Waals surface area (Å²) in [5.41, 5.74) is 0.409. The maximum Gasteiger partial charge on any atom is 0.347 e. The van der Waals surface area contributed by atoms with Crippen LogP contribution in [0.3, 0.4) is 0 Å². The van der Waals surface area contributed by atoms with E-state index in [2.05, 4.69) is 13.5 Å². The molecule has 0 radical (unpaired) electrons. The summed E-state index contributed by atoms with van der Waals surface area (Å²) in [4.78, 5) is 24.3. The molecule has 0 amide bonds. The van der Waals surface area contributed by atoms with Gasteiger partial charge in [0.25, 0.3) is 0 Å². The molecular weight excluding hydrogens is 392 g/mol. The monoisotopic (exact) mass is 424 g/mol. The van der Waals surface area contributed by atoms with Crippen LogP contribution in [0.4, 0.5) is 0 Å². The van der Waals surface area contributed by atoms with Crippen LogP contribution in [0.2, 0.25) is 0 Å². The van der Waals surface area contributed by atoms with E-state index < -0.39 is 11.9 Å². The van der Waals surface area contributed by atoms with E-state index in [1.807, 2.05) is 0 Å². The van der Waals surface area contributed by atoms with Crippen LogP contribution in [0, 0.1) is 0 Å². The molecule has 166 valence electrons. The minimum Gasteiger partial charge on any atom is -0.494 e. The maximum atomic E-state index is 12.5. The van der Waals surface area contributed by atoms with Crippen molar-refractivity contribution in [3.63, 3.8) is 0 Å². The van der Waals surface area contributed by atoms with Gasteiger partial charge in [-0.25, -0.2) is 9.59 Å². The number of benzene rings is 2. The fourth-order valence-corrected chi connectivity index (χ4v) is 2.93. The zero-order chi connectivity index (χ0) is 22.5. The van der Waals surface area contributed by atoms with Crippen LogP contribution in [0.25, 0.3) is 0 Å². The van der Waals surface area contributed by atoms with Gasteiger partial charge in [-0.15, -0.1) is 0 Å². The topological polar surface area (TPSA) is 61.8 Å². The second kappa shape index (κ2) is 13.3. The molecule has 0 spiro atoms. The zero-order valence-corrected chi connectivity index (χ0v) is 18.5. The molecule has 0 bridgehead atoms. The predicted octanol–water partition coefficient (Wildman–Crippen LogP) is 6.52. The first-order valence-corrected chi connectivity index (χ1v) is 10.9. The number of rotatable bonds is 13. The van der Waals surface area contributed by atoms with Gasteiger partial charge in [0.1, 0.15) is 22.8 Å². The summed E-state index contributed by atoms with van der Waals surface area (Å²) in [6.07, 6.45) is 8.66. The lowest BCUT2D eigenvalue weighted by atomic mass is 10.1.